The second-order valence-corrected chi connectivity index (χ2v) is 10.9. The first-order valence-electron chi connectivity index (χ1n) is 13.3. The van der Waals surface area contributed by atoms with Crippen molar-refractivity contribution < 1.29 is 9.59 Å². The quantitative estimate of drug-likeness (QED) is 0.205. The highest BCUT2D eigenvalue weighted by Gasteiger charge is 2.20. The Balaban J connectivity index is 1.47. The molecule has 7 nitrogen and oxygen atoms in total. The first-order valence-corrected chi connectivity index (χ1v) is 14.0. The Morgan fingerprint density at radius 1 is 0.857 bits per heavy atom. The third kappa shape index (κ3) is 6.48. The fourth-order valence-electron chi connectivity index (χ4n) is 4.59. The van der Waals surface area contributed by atoms with Gasteiger partial charge in [0.2, 0.25) is 5.91 Å². The van der Waals surface area contributed by atoms with E-state index >= 15 is 0 Å². The van der Waals surface area contributed by atoms with Crippen molar-refractivity contribution in [1.29, 1.82) is 0 Å². The number of hydrogen-bond donors (Lipinski definition) is 2. The fraction of sp³-hybridized carbons (Fsp3) is 0.121. The summed E-state index contributed by atoms with van der Waals surface area (Å²) in [4.78, 5) is 27.2. The molecule has 5 aromatic rings. The van der Waals surface area contributed by atoms with Gasteiger partial charge in [-0.25, -0.2) is 4.68 Å². The van der Waals surface area contributed by atoms with Crippen molar-refractivity contribution in [2.24, 2.45) is 5.73 Å². The van der Waals surface area contributed by atoms with Gasteiger partial charge in [0.05, 0.1) is 27.1 Å². The average Bonchev–Trinajstić information content (AvgIpc) is 3.44. The number of carbonyl (C=O) groups is 2. The zero-order valence-corrected chi connectivity index (χ0v) is 24.6. The van der Waals surface area contributed by atoms with E-state index in [0.717, 1.165) is 39.5 Å². The molecule has 0 aliphatic heterocycles. The molecule has 42 heavy (non-hydrogen) atoms. The lowest BCUT2D eigenvalue weighted by atomic mass is 10.0. The van der Waals surface area contributed by atoms with E-state index in [4.69, 9.17) is 34.0 Å². The highest BCUT2D eigenvalue weighted by molar-refractivity contribution is 6.42. The van der Waals surface area contributed by atoms with E-state index in [1.54, 1.807) is 28.9 Å². The van der Waals surface area contributed by atoms with E-state index in [-0.39, 0.29) is 5.91 Å². The van der Waals surface area contributed by atoms with Gasteiger partial charge in [-0.3, -0.25) is 9.59 Å². The van der Waals surface area contributed by atoms with Crippen molar-refractivity contribution >= 4 is 40.7 Å². The maximum atomic E-state index is 13.1. The number of benzene rings is 4. The Morgan fingerprint density at radius 3 is 2.26 bits per heavy atom. The Bertz CT molecular complexity index is 1730. The number of anilines is 1. The van der Waals surface area contributed by atoms with Crippen molar-refractivity contribution in [3.8, 4) is 28.2 Å². The van der Waals surface area contributed by atoms with E-state index in [1.165, 1.54) is 0 Å². The van der Waals surface area contributed by atoms with Crippen molar-refractivity contribution in [3.05, 3.63) is 124 Å². The molecule has 1 aromatic heterocycles. The predicted octanol–water partition coefficient (Wildman–Crippen LogP) is 6.41. The molecule has 0 radical (unpaired) electrons. The van der Waals surface area contributed by atoms with Crippen LogP contribution < -0.4 is 16.0 Å². The number of aromatic nitrogens is 2. The molecule has 2 amide bonds. The van der Waals surface area contributed by atoms with Crippen molar-refractivity contribution in [2.45, 2.75) is 12.5 Å². The van der Waals surface area contributed by atoms with Gasteiger partial charge in [0, 0.05) is 42.9 Å². The summed E-state index contributed by atoms with van der Waals surface area (Å²) in [6, 6.07) is 31.1. The van der Waals surface area contributed by atoms with E-state index in [0.29, 0.717) is 22.0 Å². The molecule has 3 N–H and O–H groups in total. The molecule has 4 aromatic carbocycles. The normalized spacial score (nSPS) is 11.6. The van der Waals surface area contributed by atoms with Gasteiger partial charge in [0.25, 0.3) is 5.91 Å². The lowest BCUT2D eigenvalue weighted by molar-refractivity contribution is -0.119. The molecule has 0 aliphatic rings. The van der Waals surface area contributed by atoms with Crippen LogP contribution in [0.3, 0.4) is 0 Å². The first kappa shape index (κ1) is 28.9. The second-order valence-electron chi connectivity index (χ2n) is 10.1. The highest BCUT2D eigenvalue weighted by Crippen LogP contribution is 2.32. The molecule has 5 rings (SSSR count). The van der Waals surface area contributed by atoms with Gasteiger partial charge >= 0.3 is 0 Å². The standard InChI is InChI=1S/C33H29Cl2N5O2/c1-39(2)25-10-6-9-24(18-25)29-20-31(40(38-29)26-15-16-27(34)28(35)19-26)22-11-13-23(14-12-22)33(42)37-30(32(36)41)17-21-7-4-3-5-8-21/h3-16,18-20,30H,17H2,1-2H3,(H2,36,41)(H,37,42)/t30-/m0/s1. The Kier molecular flexibility index (Phi) is 8.61. The van der Waals surface area contributed by atoms with Crippen LogP contribution in [0.4, 0.5) is 5.69 Å². The number of primary amides is 1. The van der Waals surface area contributed by atoms with Crippen LogP contribution in [0, 0.1) is 0 Å². The maximum absolute atomic E-state index is 13.1. The van der Waals surface area contributed by atoms with Crippen molar-refractivity contribution in [2.75, 3.05) is 19.0 Å². The lowest BCUT2D eigenvalue weighted by Gasteiger charge is -2.16. The largest absolute Gasteiger partial charge is 0.378 e. The predicted molar refractivity (Wildman–Crippen MR) is 169 cm³/mol. The fourth-order valence-corrected chi connectivity index (χ4v) is 4.88. The number of amides is 2. The maximum Gasteiger partial charge on any atom is 0.251 e. The minimum Gasteiger partial charge on any atom is -0.378 e. The van der Waals surface area contributed by atoms with Crippen LogP contribution in [0.5, 0.6) is 0 Å². The molecule has 0 bridgehead atoms. The third-order valence-electron chi connectivity index (χ3n) is 6.89. The van der Waals surface area contributed by atoms with Crippen LogP contribution in [0.1, 0.15) is 15.9 Å². The van der Waals surface area contributed by atoms with Crippen LogP contribution in [-0.2, 0) is 11.2 Å². The molecule has 9 heteroatoms. The summed E-state index contributed by atoms with van der Waals surface area (Å²) in [6.07, 6.45) is 0.306. The summed E-state index contributed by atoms with van der Waals surface area (Å²) >= 11 is 12.5. The average molecular weight is 599 g/mol. The molecule has 212 valence electrons. The zero-order valence-electron chi connectivity index (χ0n) is 23.1. The number of nitrogens with one attached hydrogen (secondary N) is 1. The number of nitrogens with zero attached hydrogens (tertiary/aromatic N) is 3. The van der Waals surface area contributed by atoms with Crippen molar-refractivity contribution in [3.63, 3.8) is 0 Å². The smallest absolute Gasteiger partial charge is 0.251 e. The molecule has 0 spiro atoms. The molecule has 1 atom stereocenters. The van der Waals surface area contributed by atoms with Gasteiger partial charge in [-0.1, -0.05) is 77.8 Å². The number of rotatable bonds is 9. The molecule has 0 unspecified atom stereocenters. The van der Waals surface area contributed by atoms with Crippen molar-refractivity contribution in [1.82, 2.24) is 15.1 Å². The minimum absolute atomic E-state index is 0.306. The second kappa shape index (κ2) is 12.5. The topological polar surface area (TPSA) is 93.3 Å². The summed E-state index contributed by atoms with van der Waals surface area (Å²) in [7, 11) is 3.98. The van der Waals surface area contributed by atoms with Crippen LogP contribution in [0.25, 0.3) is 28.2 Å². The van der Waals surface area contributed by atoms with Gasteiger partial charge < -0.3 is 16.0 Å². The van der Waals surface area contributed by atoms with Crippen LogP contribution in [0.15, 0.2) is 103 Å². The summed E-state index contributed by atoms with van der Waals surface area (Å²) in [5.74, 6) is -0.985. The van der Waals surface area contributed by atoms with E-state index in [2.05, 4.69) is 11.4 Å². The molecular weight excluding hydrogens is 569 g/mol. The van der Waals surface area contributed by atoms with Crippen LogP contribution in [0.2, 0.25) is 10.0 Å². The molecule has 0 saturated heterocycles. The molecule has 0 saturated carbocycles. The van der Waals surface area contributed by atoms with E-state index in [9.17, 15) is 9.59 Å². The number of halogens is 2. The van der Waals surface area contributed by atoms with Gasteiger partial charge in [-0.2, -0.15) is 5.10 Å². The minimum atomic E-state index is -0.837. The SMILES string of the molecule is CN(C)c1cccc(-c2cc(-c3ccc(C(=O)N[C@@H](Cc4ccccc4)C(N)=O)cc3)n(-c3ccc(Cl)c(Cl)c3)n2)c1. The van der Waals surface area contributed by atoms with Gasteiger partial charge in [0.15, 0.2) is 0 Å². The van der Waals surface area contributed by atoms with Crippen LogP contribution in [-0.4, -0.2) is 41.7 Å². The Morgan fingerprint density at radius 2 is 1.60 bits per heavy atom. The number of nitrogens with two attached hydrogens (primary N) is 1. The number of hydrogen-bond acceptors (Lipinski definition) is 4. The Labute approximate surface area is 254 Å². The van der Waals surface area contributed by atoms with Crippen LogP contribution >= 0.6 is 23.2 Å². The monoisotopic (exact) mass is 597 g/mol. The molecular formula is C33H29Cl2N5O2. The highest BCUT2D eigenvalue weighted by atomic mass is 35.5. The Hall–Kier alpha value is -4.59. The lowest BCUT2D eigenvalue weighted by Crippen LogP contribution is -2.45. The number of carbonyl (C=O) groups excluding carboxylic acids is 2. The van der Waals surface area contributed by atoms with Gasteiger partial charge in [0.1, 0.15) is 6.04 Å². The zero-order chi connectivity index (χ0) is 29.8. The summed E-state index contributed by atoms with van der Waals surface area (Å²) in [5, 5.41) is 8.55. The van der Waals surface area contributed by atoms with E-state index < -0.39 is 11.9 Å². The molecule has 1 heterocycles. The summed E-state index contributed by atoms with van der Waals surface area (Å²) in [5.41, 5.74) is 12.0. The first-order chi connectivity index (χ1) is 20.2. The summed E-state index contributed by atoms with van der Waals surface area (Å²) in [6.45, 7) is 0. The molecule has 0 aliphatic carbocycles. The van der Waals surface area contributed by atoms with E-state index in [1.807, 2.05) is 91.8 Å². The molecule has 0 fully saturated rings. The van der Waals surface area contributed by atoms with Gasteiger partial charge in [-0.15, -0.1) is 0 Å². The third-order valence-corrected chi connectivity index (χ3v) is 7.63. The van der Waals surface area contributed by atoms with Gasteiger partial charge in [-0.05, 0) is 54.1 Å². The summed E-state index contributed by atoms with van der Waals surface area (Å²) < 4.78 is 1.80.